The molecule has 4 N–H and O–H groups in total. The number of unbranched alkanes of at least 4 members (excludes halogenated alkanes) is 1. The van der Waals surface area contributed by atoms with Gasteiger partial charge in [0.25, 0.3) is 5.78 Å². The molecule has 0 bridgehead atoms. The Labute approximate surface area is 275 Å². The van der Waals surface area contributed by atoms with Crippen LogP contribution in [-0.4, -0.2) is 75.6 Å². The molecule has 0 spiro atoms. The number of benzene rings is 2. The van der Waals surface area contributed by atoms with Crippen LogP contribution in [0.4, 0.5) is 48.7 Å². The second-order valence-electron chi connectivity index (χ2n) is 11.2. The summed E-state index contributed by atoms with van der Waals surface area (Å²) in [6.45, 7) is 4.36. The van der Waals surface area contributed by atoms with Gasteiger partial charge in [0.15, 0.2) is 6.61 Å². The van der Waals surface area contributed by atoms with E-state index >= 15 is 0 Å². The molecule has 3 aromatic rings. The first kappa shape index (κ1) is 38.1. The molecule has 0 aliphatic rings. The summed E-state index contributed by atoms with van der Waals surface area (Å²) in [5.41, 5.74) is -2.32. The number of carbonyl (C=O) groups excluding carboxylic acids is 2. The van der Waals surface area contributed by atoms with Crippen LogP contribution in [0.3, 0.4) is 0 Å². The zero-order valence-corrected chi connectivity index (χ0v) is 26.3. The number of amides is 1. The third-order valence-corrected chi connectivity index (χ3v) is 5.87. The van der Waals surface area contributed by atoms with Crippen molar-refractivity contribution in [2.24, 2.45) is 0 Å². The maximum absolute atomic E-state index is 13.1. The highest BCUT2D eigenvalue weighted by molar-refractivity contribution is 6.09. The van der Waals surface area contributed by atoms with Gasteiger partial charge in [0.05, 0.1) is 12.2 Å². The van der Waals surface area contributed by atoms with Gasteiger partial charge in [0, 0.05) is 24.3 Å². The maximum Gasteiger partial charge on any atom is 0.454 e. The minimum atomic E-state index is -5.39. The Morgan fingerprint density at radius 3 is 2.12 bits per heavy atom. The lowest BCUT2D eigenvalue weighted by atomic mass is 10.0. The number of hydrogen-bond donors (Lipinski definition) is 4. The summed E-state index contributed by atoms with van der Waals surface area (Å²) in [6, 6.07) is 8.28. The molecule has 0 radical (unpaired) electrons. The van der Waals surface area contributed by atoms with E-state index in [4.69, 9.17) is 9.47 Å². The van der Waals surface area contributed by atoms with E-state index in [-0.39, 0.29) is 18.2 Å². The second-order valence-corrected chi connectivity index (χ2v) is 11.2. The molecule has 0 saturated heterocycles. The van der Waals surface area contributed by atoms with Gasteiger partial charge in [-0.1, -0.05) is 12.1 Å². The molecule has 0 atom stereocenters. The molecule has 0 saturated carbocycles. The highest BCUT2D eigenvalue weighted by Crippen LogP contribution is 2.28. The van der Waals surface area contributed by atoms with E-state index in [1.807, 2.05) is 0 Å². The summed E-state index contributed by atoms with van der Waals surface area (Å²) >= 11 is 0. The average Bonchev–Trinajstić information content (AvgIpc) is 2.99. The number of nitrogens with zero attached hydrogens (tertiary/aromatic N) is 3. The molecule has 266 valence electrons. The monoisotopic (exact) mass is 702 g/mol. The smallest absolute Gasteiger partial charge is 0.454 e. The Morgan fingerprint density at radius 2 is 1.51 bits per heavy atom. The number of aromatic nitrogens is 3. The van der Waals surface area contributed by atoms with E-state index < -0.39 is 65.5 Å². The van der Waals surface area contributed by atoms with Crippen LogP contribution in [0.1, 0.15) is 59.9 Å². The van der Waals surface area contributed by atoms with E-state index in [1.54, 1.807) is 45.0 Å². The normalized spacial score (nSPS) is 11.8. The molecule has 1 aromatic heterocycles. The molecule has 0 aliphatic carbocycles. The molecular weight excluding hydrogens is 670 g/mol. The van der Waals surface area contributed by atoms with E-state index in [9.17, 15) is 45.8 Å². The van der Waals surface area contributed by atoms with Gasteiger partial charge in [-0.25, -0.2) is 9.59 Å². The predicted molar refractivity (Wildman–Crippen MR) is 161 cm³/mol. The Morgan fingerprint density at radius 1 is 0.837 bits per heavy atom. The molecule has 1 amide bonds. The lowest BCUT2D eigenvalue weighted by molar-refractivity contribution is -0.154. The molecule has 1 heterocycles. The van der Waals surface area contributed by atoms with Gasteiger partial charge in [0.1, 0.15) is 11.4 Å². The van der Waals surface area contributed by atoms with Crippen molar-refractivity contribution in [2.75, 3.05) is 30.4 Å². The number of hydrogen-bond acceptors (Lipinski definition) is 11. The van der Waals surface area contributed by atoms with Crippen LogP contribution < -0.4 is 25.4 Å². The van der Waals surface area contributed by atoms with E-state index in [0.717, 1.165) is 12.1 Å². The second kappa shape index (κ2) is 16.2. The van der Waals surface area contributed by atoms with E-state index in [1.165, 1.54) is 0 Å². The van der Waals surface area contributed by atoms with Crippen LogP contribution in [-0.2, 0) is 11.3 Å². The molecule has 3 rings (SSSR count). The Kier molecular flexibility index (Phi) is 12.6. The number of ether oxygens (including phenoxy) is 3. The largest absolute Gasteiger partial charge is 0.494 e. The number of carbonyl (C=O) groups is 3. The SMILES string of the molecule is CC(C)(C)OC(=O)NCCCCOc1ccc(CNc2nc(Nc3ccc(C(=O)O)c(C(=O)C(F)(F)F)c3)nc(OCC(F)(F)F)n2)cc1. The number of Topliss-reactive ketones (excluding diaryl/α,β-unsaturated/α-hetero) is 1. The number of carboxylic acid groups (broad SMARTS) is 1. The number of anilines is 3. The van der Waals surface area contributed by atoms with Crippen molar-refractivity contribution in [3.63, 3.8) is 0 Å². The van der Waals surface area contributed by atoms with Crippen molar-refractivity contribution in [1.29, 1.82) is 0 Å². The molecule has 0 unspecified atom stereocenters. The van der Waals surface area contributed by atoms with Gasteiger partial charge in [-0.15, -0.1) is 0 Å². The van der Waals surface area contributed by atoms with Crippen LogP contribution in [0.25, 0.3) is 0 Å². The highest BCUT2D eigenvalue weighted by atomic mass is 19.4. The van der Waals surface area contributed by atoms with Crippen LogP contribution in [0.2, 0.25) is 0 Å². The van der Waals surface area contributed by atoms with E-state index in [2.05, 4.69) is 35.6 Å². The average molecular weight is 703 g/mol. The van der Waals surface area contributed by atoms with Crippen LogP contribution in [0.5, 0.6) is 11.8 Å². The van der Waals surface area contributed by atoms with Crippen LogP contribution in [0, 0.1) is 0 Å². The Hall–Kier alpha value is -5.36. The Bertz CT molecular complexity index is 1610. The fraction of sp³-hybridized carbons (Fsp3) is 0.400. The molecular formula is C30H32F6N6O7. The van der Waals surface area contributed by atoms with Gasteiger partial charge in [-0.2, -0.15) is 41.3 Å². The first-order valence-electron chi connectivity index (χ1n) is 14.4. The first-order valence-corrected chi connectivity index (χ1v) is 14.4. The topological polar surface area (TPSA) is 174 Å². The molecule has 0 aliphatic heterocycles. The van der Waals surface area contributed by atoms with Gasteiger partial charge >= 0.3 is 30.4 Å². The van der Waals surface area contributed by atoms with Gasteiger partial charge in [-0.05, 0) is 69.5 Å². The zero-order valence-electron chi connectivity index (χ0n) is 26.3. The number of carboxylic acids is 1. The van der Waals surface area contributed by atoms with Crippen molar-refractivity contribution in [3.05, 3.63) is 59.2 Å². The van der Waals surface area contributed by atoms with Crippen molar-refractivity contribution in [3.8, 4) is 11.8 Å². The minimum absolute atomic E-state index is 0.0519. The number of alkyl halides is 6. The Balaban J connectivity index is 1.65. The fourth-order valence-electron chi connectivity index (χ4n) is 3.79. The molecule has 19 heteroatoms. The summed E-state index contributed by atoms with van der Waals surface area (Å²) in [6.07, 6.45) is -9.35. The number of ketones is 1. The standard InChI is InChI=1S/C30H32F6N6O7/c1-28(2,3)49-27(46)37-12-4-5-13-47-19-9-6-17(7-10-19)15-38-24-40-25(42-26(41-24)48-16-29(31,32)33)39-18-8-11-20(23(44)45)21(14-18)22(43)30(34,35)36/h6-11,14H,4-5,12-13,15-16H2,1-3H3,(H,37,46)(H,44,45)(H2,38,39,40,41,42). The summed E-state index contributed by atoms with van der Waals surface area (Å²) < 4.78 is 93.1. The van der Waals surface area contributed by atoms with Crippen molar-refractivity contribution in [1.82, 2.24) is 20.3 Å². The third kappa shape index (κ3) is 13.3. The molecule has 13 nitrogen and oxygen atoms in total. The molecule has 0 fully saturated rings. The lowest BCUT2D eigenvalue weighted by Gasteiger charge is -2.19. The van der Waals surface area contributed by atoms with Crippen molar-refractivity contribution in [2.45, 2.75) is 58.1 Å². The molecule has 2 aromatic carbocycles. The number of alkyl carbamates (subject to hydrolysis) is 1. The maximum atomic E-state index is 13.1. The number of rotatable bonds is 15. The number of aromatic carboxylic acids is 1. The summed E-state index contributed by atoms with van der Waals surface area (Å²) in [7, 11) is 0. The van der Waals surface area contributed by atoms with Gasteiger partial charge < -0.3 is 35.3 Å². The van der Waals surface area contributed by atoms with Gasteiger partial charge in [-0.3, -0.25) is 4.79 Å². The first-order chi connectivity index (χ1) is 22.8. The van der Waals surface area contributed by atoms with Crippen molar-refractivity contribution < 1.29 is 60.0 Å². The zero-order chi connectivity index (χ0) is 36.4. The van der Waals surface area contributed by atoms with Crippen LogP contribution >= 0.6 is 0 Å². The summed E-state index contributed by atoms with van der Waals surface area (Å²) in [5.74, 6) is -4.45. The summed E-state index contributed by atoms with van der Waals surface area (Å²) in [4.78, 5) is 46.4. The quantitative estimate of drug-likeness (QED) is 0.0793. The van der Waals surface area contributed by atoms with Gasteiger partial charge in [0.2, 0.25) is 11.9 Å². The van der Waals surface area contributed by atoms with E-state index in [0.29, 0.717) is 43.4 Å². The van der Waals surface area contributed by atoms with Crippen molar-refractivity contribution >= 4 is 35.4 Å². The third-order valence-electron chi connectivity index (χ3n) is 5.87. The van der Waals surface area contributed by atoms with Crippen LogP contribution in [0.15, 0.2) is 42.5 Å². The molecule has 49 heavy (non-hydrogen) atoms. The summed E-state index contributed by atoms with van der Waals surface area (Å²) in [5, 5.41) is 17.1. The minimum Gasteiger partial charge on any atom is -0.494 e. The lowest BCUT2D eigenvalue weighted by Crippen LogP contribution is -2.33. The number of halogens is 6. The predicted octanol–water partition coefficient (Wildman–Crippen LogP) is 6.30. The number of nitrogens with one attached hydrogen (secondary N) is 3. The highest BCUT2D eigenvalue weighted by Gasteiger charge is 2.41. The fourth-order valence-corrected chi connectivity index (χ4v) is 3.79.